The first-order valence-electron chi connectivity index (χ1n) is 1.87. The predicted octanol–water partition coefficient (Wildman–Crippen LogP) is 2.82. The molecule has 0 spiro atoms. The maximum atomic E-state index is 5.66. The summed E-state index contributed by atoms with van der Waals surface area (Å²) in [6.45, 7) is -0.505. The Labute approximate surface area is 69.3 Å². The van der Waals surface area contributed by atoms with Crippen molar-refractivity contribution in [2.75, 3.05) is 6.66 Å². The Morgan fingerprint density at radius 3 is 1.89 bits per heavy atom. The minimum atomic E-state index is -2.15. The molecule has 0 heterocycles. The zero-order chi connectivity index (χ0) is 7.33. The van der Waals surface area contributed by atoms with Gasteiger partial charge < -0.3 is 0 Å². The zero-order valence-corrected chi connectivity index (χ0v) is 7.82. The number of halogens is 1. The van der Waals surface area contributed by atoms with Gasteiger partial charge in [-0.15, -0.1) is 0 Å². The number of rotatable bonds is 2. The quantitative estimate of drug-likeness (QED) is 0.386. The Morgan fingerprint density at radius 1 is 1.33 bits per heavy atom. The van der Waals surface area contributed by atoms with Gasteiger partial charge in [0.1, 0.15) is 28.2 Å². The molecule has 0 aromatic carbocycles. The third-order valence-corrected chi connectivity index (χ3v) is 2.28. The smallest absolute Gasteiger partial charge is 0.0273 e. The number of nitrogens with zero attached hydrogens (tertiary/aromatic N) is 2. The van der Waals surface area contributed by atoms with Crippen molar-refractivity contribution in [2.45, 2.75) is 0 Å². The van der Waals surface area contributed by atoms with Gasteiger partial charge in [0.2, 0.25) is 0 Å². The number of isothiocyanates is 2. The fourth-order valence-electron chi connectivity index (χ4n) is 0.171. The second-order valence-corrected chi connectivity index (χ2v) is 5.50. The molecule has 0 unspecified atom stereocenters. The van der Waals surface area contributed by atoms with E-state index in [-0.39, 0.29) is 0 Å². The van der Waals surface area contributed by atoms with Gasteiger partial charge in [-0.25, -0.2) is 0 Å². The Balaban J connectivity index is 4.36. The van der Waals surface area contributed by atoms with Crippen LogP contribution in [-0.4, -0.2) is 17.0 Å². The van der Waals surface area contributed by atoms with Crippen molar-refractivity contribution in [1.82, 2.24) is 0 Å². The molecule has 0 bridgehead atoms. The molecule has 0 radical (unpaired) electrons. The highest BCUT2D eigenvalue weighted by molar-refractivity contribution is 7.97. The highest BCUT2D eigenvalue weighted by atomic mass is 35.7. The van der Waals surface area contributed by atoms with E-state index in [0.29, 0.717) is 0 Å². The number of thiocarbonyl (C=S) groups is 2. The van der Waals surface area contributed by atoms with Crippen molar-refractivity contribution in [2.24, 2.45) is 9.53 Å². The van der Waals surface area contributed by atoms with Crippen LogP contribution in [0, 0.1) is 0 Å². The van der Waals surface area contributed by atoms with Crippen LogP contribution in [0.4, 0.5) is 0 Å². The van der Waals surface area contributed by atoms with Gasteiger partial charge in [-0.1, -0.05) is 0 Å². The van der Waals surface area contributed by atoms with Crippen LogP contribution in [-0.2, 0) is 0 Å². The summed E-state index contributed by atoms with van der Waals surface area (Å²) in [5.41, 5.74) is 0. The molecule has 0 aliphatic rings. The highest BCUT2D eigenvalue weighted by Gasteiger charge is 2.28. The highest BCUT2D eigenvalue weighted by Crippen LogP contribution is 2.62. The minimum Gasteiger partial charge on any atom is -0.0273 e. The van der Waals surface area contributed by atoms with Crippen molar-refractivity contribution in [3.8, 4) is 0 Å². The van der Waals surface area contributed by atoms with E-state index in [2.05, 4.69) is 44.3 Å². The first kappa shape index (κ1) is 9.32. The maximum absolute atomic E-state index is 5.66. The van der Waals surface area contributed by atoms with Gasteiger partial charge >= 0.3 is 6.92 Å². The maximum Gasteiger partial charge on any atom is 0.364 e. The first-order valence-corrected chi connectivity index (χ1v) is 5.73. The summed E-state index contributed by atoms with van der Waals surface area (Å²) in [7, 11) is 0. The van der Waals surface area contributed by atoms with Gasteiger partial charge in [0.15, 0.2) is 0 Å². The summed E-state index contributed by atoms with van der Waals surface area (Å²) in [6, 6.07) is 0. The molecule has 0 aromatic heterocycles. The van der Waals surface area contributed by atoms with E-state index in [0.717, 1.165) is 0 Å². The predicted molar refractivity (Wildman–Crippen MR) is 48.7 cm³/mol. The lowest BCUT2D eigenvalue weighted by atomic mass is 11.8. The van der Waals surface area contributed by atoms with Crippen molar-refractivity contribution in [3.05, 3.63) is 0 Å². The molecule has 0 saturated carbocycles. The van der Waals surface area contributed by atoms with Gasteiger partial charge in [-0.05, 0) is 34.0 Å². The van der Waals surface area contributed by atoms with Crippen LogP contribution in [0.2, 0.25) is 0 Å². The lowest BCUT2D eigenvalue weighted by Crippen LogP contribution is -1.66. The van der Waals surface area contributed by atoms with Gasteiger partial charge in [-0.2, -0.15) is 0 Å². The summed E-state index contributed by atoms with van der Waals surface area (Å²) in [6.07, 6.45) is 0. The third kappa shape index (κ3) is 4.80. The fraction of sp³-hybridized carbons (Fsp3) is 0.333. The Kier molecular flexibility index (Phi) is 4.33. The molecule has 0 rings (SSSR count). The van der Waals surface area contributed by atoms with Crippen LogP contribution < -0.4 is 0 Å². The molecule has 6 heteroatoms. The molecular weight excluding hydrogens is 195 g/mol. The SMILES string of the molecule is C[P+](Cl)(N=C=S)N=C=S. The van der Waals surface area contributed by atoms with E-state index < -0.39 is 6.92 Å². The average molecular weight is 198 g/mol. The molecule has 9 heavy (non-hydrogen) atoms. The van der Waals surface area contributed by atoms with Crippen molar-refractivity contribution in [3.63, 3.8) is 0 Å². The van der Waals surface area contributed by atoms with Gasteiger partial charge in [0.25, 0.3) is 0 Å². The van der Waals surface area contributed by atoms with Gasteiger partial charge in [-0.3, -0.25) is 0 Å². The molecule has 0 aromatic rings. The van der Waals surface area contributed by atoms with Crippen LogP contribution in [0.5, 0.6) is 0 Å². The normalized spacial score (nSPS) is 14.4. The van der Waals surface area contributed by atoms with Gasteiger partial charge in [0.05, 0.1) is 0 Å². The van der Waals surface area contributed by atoms with E-state index >= 15 is 0 Å². The second kappa shape index (κ2) is 4.19. The van der Waals surface area contributed by atoms with Crippen molar-refractivity contribution in [1.29, 1.82) is 0 Å². The van der Waals surface area contributed by atoms with E-state index in [1.165, 1.54) is 0 Å². The largest absolute Gasteiger partial charge is 0.364 e. The van der Waals surface area contributed by atoms with E-state index in [9.17, 15) is 0 Å². The Bertz CT molecular complexity index is 172. The molecule has 0 atom stereocenters. The van der Waals surface area contributed by atoms with Crippen LogP contribution in [0.3, 0.4) is 0 Å². The Morgan fingerprint density at radius 2 is 1.67 bits per heavy atom. The second-order valence-electron chi connectivity index (χ2n) is 1.19. The number of hydrogen-bond donors (Lipinski definition) is 0. The molecule has 2 nitrogen and oxygen atoms in total. The third-order valence-electron chi connectivity index (χ3n) is 0.447. The topological polar surface area (TPSA) is 24.7 Å². The lowest BCUT2D eigenvalue weighted by Gasteiger charge is -1.89. The van der Waals surface area contributed by atoms with Crippen LogP contribution >= 0.6 is 42.6 Å². The van der Waals surface area contributed by atoms with Crippen LogP contribution in [0.25, 0.3) is 0 Å². The lowest BCUT2D eigenvalue weighted by molar-refractivity contribution is 1.76. The average Bonchev–Trinajstić information content (AvgIpc) is 1.64. The Hall–Kier alpha value is 0.320. The first-order chi connectivity index (χ1) is 4.12. The zero-order valence-electron chi connectivity index (χ0n) is 4.54. The van der Waals surface area contributed by atoms with Crippen LogP contribution in [0.15, 0.2) is 9.53 Å². The summed E-state index contributed by atoms with van der Waals surface area (Å²) < 4.78 is 7.18. The molecule has 0 N–H and O–H groups in total. The van der Waals surface area contributed by atoms with Crippen LogP contribution in [0.1, 0.15) is 0 Å². The molecule has 0 aliphatic heterocycles. The number of hydrogen-bond acceptors (Lipinski definition) is 4. The molecule has 0 fully saturated rings. The van der Waals surface area contributed by atoms with E-state index in [1.807, 2.05) is 0 Å². The molecule has 0 saturated heterocycles. The summed E-state index contributed by atoms with van der Waals surface area (Å²) in [5.74, 6) is 0. The van der Waals surface area contributed by atoms with Gasteiger partial charge in [0, 0.05) is 0 Å². The van der Waals surface area contributed by atoms with Crippen molar-refractivity contribution < 1.29 is 0 Å². The monoisotopic (exact) mass is 197 g/mol. The fourth-order valence-corrected chi connectivity index (χ4v) is 1.96. The summed E-state index contributed by atoms with van der Waals surface area (Å²) >= 11 is 14.3. The summed E-state index contributed by atoms with van der Waals surface area (Å²) in [4.78, 5) is 0. The molecule has 0 aliphatic carbocycles. The van der Waals surface area contributed by atoms with E-state index in [1.54, 1.807) is 6.66 Å². The molecular formula is C3H3ClN2PS2+. The van der Waals surface area contributed by atoms with E-state index in [4.69, 9.17) is 11.2 Å². The minimum absolute atomic E-state index is 1.65. The standard InChI is InChI=1S/C3H3ClN2PS2/c1-7(4,5-2-8)6-3-9/h1H3/q+1. The summed E-state index contributed by atoms with van der Waals surface area (Å²) in [5, 5.41) is 4.28. The molecule has 0 amide bonds. The molecule has 48 valence electrons. The van der Waals surface area contributed by atoms with Crippen molar-refractivity contribution >= 4 is 52.9 Å².